The molecule has 0 aromatic heterocycles. The number of carbonyl (C=O) groups is 1. The first-order chi connectivity index (χ1) is 11.0. The molecule has 122 valence electrons. The molecule has 3 aliphatic rings. The lowest BCUT2D eigenvalue weighted by molar-refractivity contribution is -0.126. The van der Waals surface area contributed by atoms with Crippen LogP contribution in [0.2, 0.25) is 0 Å². The van der Waals surface area contributed by atoms with Gasteiger partial charge in [-0.2, -0.15) is 0 Å². The normalized spacial score (nSPS) is 30.3. The minimum absolute atomic E-state index is 0.0694. The Balaban J connectivity index is 1.44. The van der Waals surface area contributed by atoms with E-state index < -0.39 is 17.8 Å². The van der Waals surface area contributed by atoms with Crippen LogP contribution in [-0.4, -0.2) is 29.4 Å². The number of ether oxygens (including phenoxy) is 1. The number of hydrogen-bond acceptors (Lipinski definition) is 2. The van der Waals surface area contributed by atoms with E-state index >= 15 is 0 Å². The van der Waals surface area contributed by atoms with E-state index in [1.54, 1.807) is 4.90 Å². The van der Waals surface area contributed by atoms with Crippen molar-refractivity contribution in [2.75, 3.05) is 6.54 Å². The summed E-state index contributed by atoms with van der Waals surface area (Å²) >= 11 is 0. The van der Waals surface area contributed by atoms with Crippen molar-refractivity contribution in [3.8, 4) is 5.75 Å². The molecule has 1 aliphatic heterocycles. The second-order valence-corrected chi connectivity index (χ2v) is 6.74. The molecular weight excluding hydrogens is 300 g/mol. The van der Waals surface area contributed by atoms with Crippen LogP contribution in [0.25, 0.3) is 0 Å². The standard InChI is InChI=1S/C18H19F2NO2/c1-2-17(22)21-6-5-11-3-4-13(7-12(11)10-21)23-14-8-15-16(9-14)18(15,19)20/h2-4,7,14-16H,1,5-6,8-10H2/t14?,15-,16+. The van der Waals surface area contributed by atoms with Gasteiger partial charge in [0.1, 0.15) is 5.75 Å². The zero-order chi connectivity index (χ0) is 16.2. The Morgan fingerprint density at radius 2 is 2.04 bits per heavy atom. The van der Waals surface area contributed by atoms with Crippen LogP contribution >= 0.6 is 0 Å². The zero-order valence-electron chi connectivity index (χ0n) is 12.8. The molecule has 2 saturated carbocycles. The van der Waals surface area contributed by atoms with Gasteiger partial charge in [-0.25, -0.2) is 8.78 Å². The maximum Gasteiger partial charge on any atom is 0.254 e. The highest BCUT2D eigenvalue weighted by Gasteiger charge is 2.72. The zero-order valence-corrected chi connectivity index (χ0v) is 12.8. The maximum atomic E-state index is 13.2. The third kappa shape index (κ3) is 2.42. The molecule has 1 heterocycles. The third-order valence-electron chi connectivity index (χ3n) is 5.38. The van der Waals surface area contributed by atoms with Gasteiger partial charge in [-0.05, 0) is 48.6 Å². The van der Waals surface area contributed by atoms with Crippen molar-refractivity contribution in [3.63, 3.8) is 0 Å². The second-order valence-electron chi connectivity index (χ2n) is 6.74. The van der Waals surface area contributed by atoms with Gasteiger partial charge in [-0.15, -0.1) is 0 Å². The average Bonchev–Trinajstić information content (AvgIpc) is 2.90. The summed E-state index contributed by atoms with van der Waals surface area (Å²) in [5.41, 5.74) is 2.28. The van der Waals surface area contributed by atoms with Gasteiger partial charge in [0, 0.05) is 24.9 Å². The Kier molecular flexibility index (Phi) is 3.22. The lowest BCUT2D eigenvalue weighted by Gasteiger charge is -2.28. The predicted molar refractivity (Wildman–Crippen MR) is 81.3 cm³/mol. The largest absolute Gasteiger partial charge is 0.490 e. The molecule has 1 aromatic carbocycles. The number of rotatable bonds is 3. The van der Waals surface area contributed by atoms with Crippen LogP contribution in [0.5, 0.6) is 5.75 Å². The molecule has 2 fully saturated rings. The highest BCUT2D eigenvalue weighted by Crippen LogP contribution is 2.64. The SMILES string of the molecule is C=CC(=O)N1CCc2ccc(OC3C[C@@H]4[C@H](C3)C4(F)F)cc2C1. The number of benzene rings is 1. The maximum absolute atomic E-state index is 13.2. The lowest BCUT2D eigenvalue weighted by Crippen LogP contribution is -2.34. The van der Waals surface area contributed by atoms with Crippen LogP contribution in [0.4, 0.5) is 8.78 Å². The minimum atomic E-state index is -2.46. The number of carbonyl (C=O) groups excluding carboxylic acids is 1. The lowest BCUT2D eigenvalue weighted by atomic mass is 9.99. The van der Waals surface area contributed by atoms with Gasteiger partial charge in [-0.1, -0.05) is 12.6 Å². The third-order valence-corrected chi connectivity index (χ3v) is 5.38. The fraction of sp³-hybridized carbons (Fsp3) is 0.500. The number of nitrogens with zero attached hydrogens (tertiary/aromatic N) is 1. The number of hydrogen-bond donors (Lipinski definition) is 0. The van der Waals surface area contributed by atoms with Gasteiger partial charge in [0.05, 0.1) is 6.10 Å². The summed E-state index contributed by atoms with van der Waals surface area (Å²) in [6.07, 6.45) is 2.91. The summed E-state index contributed by atoms with van der Waals surface area (Å²) < 4.78 is 32.4. The Hall–Kier alpha value is -1.91. The molecule has 0 N–H and O–H groups in total. The molecule has 23 heavy (non-hydrogen) atoms. The van der Waals surface area contributed by atoms with Crippen LogP contribution in [0.1, 0.15) is 24.0 Å². The van der Waals surface area contributed by atoms with Crippen LogP contribution in [0.3, 0.4) is 0 Å². The monoisotopic (exact) mass is 319 g/mol. The topological polar surface area (TPSA) is 29.5 Å². The summed E-state index contributed by atoms with van der Waals surface area (Å²) in [7, 11) is 0. The van der Waals surface area contributed by atoms with Crippen LogP contribution in [-0.2, 0) is 17.8 Å². The second kappa shape index (κ2) is 5.05. The van der Waals surface area contributed by atoms with Crippen molar-refractivity contribution >= 4 is 5.91 Å². The van der Waals surface area contributed by atoms with Crippen molar-refractivity contribution in [2.45, 2.75) is 37.8 Å². The van der Waals surface area contributed by atoms with E-state index in [-0.39, 0.29) is 12.0 Å². The van der Waals surface area contributed by atoms with E-state index in [0.29, 0.717) is 31.7 Å². The van der Waals surface area contributed by atoms with Crippen molar-refractivity contribution in [2.24, 2.45) is 11.8 Å². The smallest absolute Gasteiger partial charge is 0.254 e. The molecule has 1 aromatic rings. The first-order valence-electron chi connectivity index (χ1n) is 8.06. The minimum Gasteiger partial charge on any atom is -0.490 e. The van der Waals surface area contributed by atoms with E-state index in [0.717, 1.165) is 12.0 Å². The van der Waals surface area contributed by atoms with Gasteiger partial charge >= 0.3 is 0 Å². The number of amides is 1. The number of fused-ring (bicyclic) bond motifs is 2. The summed E-state index contributed by atoms with van der Waals surface area (Å²) in [4.78, 5) is 13.5. The molecule has 3 nitrogen and oxygen atoms in total. The van der Waals surface area contributed by atoms with Gasteiger partial charge in [-0.3, -0.25) is 4.79 Å². The Labute approximate surface area is 133 Å². The van der Waals surface area contributed by atoms with Gasteiger partial charge in [0.25, 0.3) is 5.92 Å². The molecule has 0 bridgehead atoms. The van der Waals surface area contributed by atoms with E-state index in [2.05, 4.69) is 6.58 Å². The summed E-state index contributed by atoms with van der Waals surface area (Å²) in [6.45, 7) is 4.76. The van der Waals surface area contributed by atoms with Crippen molar-refractivity contribution < 1.29 is 18.3 Å². The summed E-state index contributed by atoms with van der Waals surface area (Å²) in [6, 6.07) is 5.87. The van der Waals surface area contributed by atoms with E-state index in [9.17, 15) is 13.6 Å². The predicted octanol–water partition coefficient (Wildman–Crippen LogP) is 3.18. The molecule has 1 unspecified atom stereocenters. The van der Waals surface area contributed by atoms with Gasteiger partial charge in [0.15, 0.2) is 0 Å². The molecule has 0 saturated heterocycles. The Bertz CT molecular complexity index is 659. The Morgan fingerprint density at radius 3 is 2.74 bits per heavy atom. The molecule has 0 spiro atoms. The van der Waals surface area contributed by atoms with Crippen molar-refractivity contribution in [1.29, 1.82) is 0 Å². The van der Waals surface area contributed by atoms with Gasteiger partial charge < -0.3 is 9.64 Å². The van der Waals surface area contributed by atoms with Crippen LogP contribution in [0.15, 0.2) is 30.9 Å². The van der Waals surface area contributed by atoms with Crippen LogP contribution in [0, 0.1) is 11.8 Å². The highest BCUT2D eigenvalue weighted by atomic mass is 19.3. The molecule has 2 aliphatic carbocycles. The molecule has 4 rings (SSSR count). The summed E-state index contributed by atoms with van der Waals surface area (Å²) in [5, 5.41) is 0. The van der Waals surface area contributed by atoms with E-state index in [1.807, 2.05) is 18.2 Å². The first-order valence-corrected chi connectivity index (χ1v) is 8.06. The van der Waals surface area contributed by atoms with Crippen LogP contribution < -0.4 is 4.74 Å². The van der Waals surface area contributed by atoms with Crippen molar-refractivity contribution in [3.05, 3.63) is 42.0 Å². The fourth-order valence-electron chi connectivity index (χ4n) is 3.98. The van der Waals surface area contributed by atoms with Crippen molar-refractivity contribution in [1.82, 2.24) is 4.90 Å². The number of halogens is 2. The van der Waals surface area contributed by atoms with E-state index in [4.69, 9.17) is 4.74 Å². The number of alkyl halides is 2. The quantitative estimate of drug-likeness (QED) is 0.801. The summed E-state index contributed by atoms with van der Waals surface area (Å²) in [5.74, 6) is -2.77. The molecule has 5 heteroatoms. The fourth-order valence-corrected chi connectivity index (χ4v) is 3.98. The molecular formula is C18H19F2NO2. The van der Waals surface area contributed by atoms with E-state index in [1.165, 1.54) is 11.6 Å². The van der Waals surface area contributed by atoms with Gasteiger partial charge in [0.2, 0.25) is 5.91 Å². The first kappa shape index (κ1) is 14.7. The average molecular weight is 319 g/mol. The highest BCUT2D eigenvalue weighted by molar-refractivity contribution is 5.87. The molecule has 0 radical (unpaired) electrons. The molecule has 1 amide bonds. The molecule has 3 atom stereocenters. The Morgan fingerprint density at radius 1 is 1.30 bits per heavy atom.